The van der Waals surface area contributed by atoms with E-state index in [1.807, 2.05) is 12.1 Å². The first-order chi connectivity index (χ1) is 10.2. The van der Waals surface area contributed by atoms with Gasteiger partial charge in [0.2, 0.25) is 0 Å². The Hall–Kier alpha value is -1.33. The normalized spacial score (nSPS) is 18.5. The van der Waals surface area contributed by atoms with Crippen molar-refractivity contribution in [2.45, 2.75) is 6.10 Å². The van der Waals surface area contributed by atoms with Gasteiger partial charge < -0.3 is 15.4 Å². The molecule has 1 atom stereocenters. The van der Waals surface area contributed by atoms with Crippen LogP contribution in [0.25, 0.3) is 0 Å². The van der Waals surface area contributed by atoms with E-state index in [2.05, 4.69) is 27.8 Å². The summed E-state index contributed by atoms with van der Waals surface area (Å²) in [6.07, 6.45) is 1.65. The van der Waals surface area contributed by atoms with Crippen LogP contribution in [0.5, 0.6) is 0 Å². The van der Waals surface area contributed by atoms with Crippen molar-refractivity contribution in [1.82, 2.24) is 10.3 Å². The van der Waals surface area contributed by atoms with Crippen LogP contribution in [0.2, 0.25) is 10.2 Å². The van der Waals surface area contributed by atoms with E-state index in [0.717, 1.165) is 36.6 Å². The van der Waals surface area contributed by atoms with Gasteiger partial charge in [-0.05, 0) is 17.7 Å². The summed E-state index contributed by atoms with van der Waals surface area (Å²) in [6.45, 7) is 2.51. The molecule has 0 amide bonds. The first kappa shape index (κ1) is 14.6. The lowest BCUT2D eigenvalue weighted by atomic mass is 10.1. The Bertz CT molecular complexity index is 613. The van der Waals surface area contributed by atoms with E-state index in [0.29, 0.717) is 10.2 Å². The second-order valence-corrected chi connectivity index (χ2v) is 5.59. The van der Waals surface area contributed by atoms with Crippen LogP contribution >= 0.6 is 23.2 Å². The van der Waals surface area contributed by atoms with Crippen molar-refractivity contribution in [3.63, 3.8) is 0 Å². The predicted molar refractivity (Wildman–Crippen MR) is 85.5 cm³/mol. The van der Waals surface area contributed by atoms with Crippen LogP contribution in [0.3, 0.4) is 0 Å². The van der Waals surface area contributed by atoms with Gasteiger partial charge in [0.05, 0.1) is 23.4 Å². The Morgan fingerprint density at radius 3 is 2.76 bits per heavy atom. The number of ether oxygens (including phenoxy) is 1. The second-order valence-electron chi connectivity index (χ2n) is 4.80. The minimum atomic E-state index is 0.117. The molecule has 2 heterocycles. The van der Waals surface area contributed by atoms with Gasteiger partial charge in [0.25, 0.3) is 0 Å². The lowest BCUT2D eigenvalue weighted by Crippen LogP contribution is -2.33. The van der Waals surface area contributed by atoms with Crippen LogP contribution in [-0.4, -0.2) is 24.7 Å². The average Bonchev–Trinajstić information content (AvgIpc) is 2.53. The van der Waals surface area contributed by atoms with Crippen molar-refractivity contribution >= 4 is 34.6 Å². The highest BCUT2D eigenvalue weighted by molar-refractivity contribution is 6.34. The van der Waals surface area contributed by atoms with E-state index in [1.54, 1.807) is 6.07 Å². The average molecular weight is 324 g/mol. The van der Waals surface area contributed by atoms with Crippen LogP contribution in [0, 0.1) is 0 Å². The van der Waals surface area contributed by atoms with Gasteiger partial charge in [-0.15, -0.1) is 0 Å². The maximum Gasteiger partial charge on any atom is 0.131 e. The fourth-order valence-electron chi connectivity index (χ4n) is 2.23. The Morgan fingerprint density at radius 1 is 1.24 bits per heavy atom. The molecule has 0 bridgehead atoms. The van der Waals surface area contributed by atoms with E-state index < -0.39 is 0 Å². The molecule has 1 saturated heterocycles. The summed E-state index contributed by atoms with van der Waals surface area (Å²) in [7, 11) is 0. The van der Waals surface area contributed by atoms with Gasteiger partial charge >= 0.3 is 0 Å². The topological polar surface area (TPSA) is 46.2 Å². The SMILES string of the molecule is Clc1cc(Nc2ccc(C3CNCCO3)cc2)c(Cl)cn1. The number of nitrogens with zero attached hydrogens (tertiary/aromatic N) is 1. The predicted octanol–water partition coefficient (Wildman–Crippen LogP) is 3.79. The molecule has 110 valence electrons. The van der Waals surface area contributed by atoms with Crippen LogP contribution < -0.4 is 10.6 Å². The Morgan fingerprint density at radius 2 is 2.05 bits per heavy atom. The number of rotatable bonds is 3. The number of morpholine rings is 1. The van der Waals surface area contributed by atoms with E-state index in [4.69, 9.17) is 27.9 Å². The smallest absolute Gasteiger partial charge is 0.131 e. The van der Waals surface area contributed by atoms with Crippen molar-refractivity contribution in [2.75, 3.05) is 25.0 Å². The lowest BCUT2D eigenvalue weighted by molar-refractivity contribution is 0.0277. The third kappa shape index (κ3) is 3.66. The highest BCUT2D eigenvalue weighted by atomic mass is 35.5. The van der Waals surface area contributed by atoms with Crippen LogP contribution in [0.1, 0.15) is 11.7 Å². The zero-order valence-electron chi connectivity index (χ0n) is 11.3. The number of pyridine rings is 1. The van der Waals surface area contributed by atoms with Crippen LogP contribution in [0.4, 0.5) is 11.4 Å². The Balaban J connectivity index is 1.73. The molecule has 1 aliphatic rings. The molecule has 1 unspecified atom stereocenters. The zero-order chi connectivity index (χ0) is 14.7. The molecule has 1 aromatic heterocycles. The number of anilines is 2. The molecule has 0 spiro atoms. The molecule has 1 aliphatic heterocycles. The fraction of sp³-hybridized carbons (Fsp3) is 0.267. The summed E-state index contributed by atoms with van der Waals surface area (Å²) >= 11 is 12.0. The Labute approximate surface area is 133 Å². The molecule has 4 nitrogen and oxygen atoms in total. The van der Waals surface area contributed by atoms with E-state index in [9.17, 15) is 0 Å². The van der Waals surface area contributed by atoms with Crippen molar-refractivity contribution < 1.29 is 4.74 Å². The first-order valence-electron chi connectivity index (χ1n) is 6.73. The molecule has 2 N–H and O–H groups in total. The number of hydrogen-bond acceptors (Lipinski definition) is 4. The van der Waals surface area contributed by atoms with Gasteiger partial charge in [-0.2, -0.15) is 0 Å². The van der Waals surface area contributed by atoms with Gasteiger partial charge in [0, 0.05) is 31.0 Å². The summed E-state index contributed by atoms with van der Waals surface area (Å²) in [6, 6.07) is 9.80. The van der Waals surface area contributed by atoms with Gasteiger partial charge in [-0.1, -0.05) is 35.3 Å². The molecule has 0 aliphatic carbocycles. The molecule has 6 heteroatoms. The van der Waals surface area contributed by atoms with Crippen molar-refractivity contribution in [2.24, 2.45) is 0 Å². The first-order valence-corrected chi connectivity index (χ1v) is 7.48. The molecule has 3 rings (SSSR count). The lowest BCUT2D eigenvalue weighted by Gasteiger charge is -2.24. The van der Waals surface area contributed by atoms with Crippen LogP contribution in [0.15, 0.2) is 36.5 Å². The number of nitrogens with one attached hydrogen (secondary N) is 2. The summed E-state index contributed by atoms with van der Waals surface area (Å²) < 4.78 is 5.73. The van der Waals surface area contributed by atoms with Gasteiger partial charge in [0.15, 0.2) is 0 Å². The standard InChI is InChI=1S/C15H15Cl2N3O/c16-12-8-19-15(17)7-13(12)20-11-3-1-10(2-4-11)14-9-18-5-6-21-14/h1-4,7-8,14,18H,5-6,9H2,(H,19,20). The molecule has 0 saturated carbocycles. The van der Waals surface area contributed by atoms with E-state index >= 15 is 0 Å². The molecule has 1 aromatic carbocycles. The minimum absolute atomic E-state index is 0.117. The highest BCUT2D eigenvalue weighted by Gasteiger charge is 2.15. The molecule has 0 radical (unpaired) electrons. The second kappa shape index (κ2) is 6.62. The van der Waals surface area contributed by atoms with Gasteiger partial charge in [0.1, 0.15) is 5.15 Å². The quantitative estimate of drug-likeness (QED) is 0.843. The van der Waals surface area contributed by atoms with Gasteiger partial charge in [-0.25, -0.2) is 4.98 Å². The third-order valence-electron chi connectivity index (χ3n) is 3.31. The fourth-order valence-corrected chi connectivity index (χ4v) is 2.53. The monoisotopic (exact) mass is 323 g/mol. The van der Waals surface area contributed by atoms with Crippen molar-refractivity contribution in [3.8, 4) is 0 Å². The van der Waals surface area contributed by atoms with Crippen molar-refractivity contribution in [1.29, 1.82) is 0 Å². The minimum Gasteiger partial charge on any atom is -0.371 e. The van der Waals surface area contributed by atoms with Crippen molar-refractivity contribution in [3.05, 3.63) is 52.3 Å². The molecule has 1 fully saturated rings. The maximum atomic E-state index is 6.09. The highest BCUT2D eigenvalue weighted by Crippen LogP contribution is 2.28. The molecule has 21 heavy (non-hydrogen) atoms. The van der Waals surface area contributed by atoms with E-state index in [-0.39, 0.29) is 6.10 Å². The summed E-state index contributed by atoms with van der Waals surface area (Å²) in [5, 5.41) is 7.49. The summed E-state index contributed by atoms with van der Waals surface area (Å²) in [5.74, 6) is 0. The summed E-state index contributed by atoms with van der Waals surface area (Å²) in [5.41, 5.74) is 2.83. The molecule has 2 aromatic rings. The van der Waals surface area contributed by atoms with E-state index in [1.165, 1.54) is 6.20 Å². The molecular formula is C15H15Cl2N3O. The molecular weight excluding hydrogens is 309 g/mol. The van der Waals surface area contributed by atoms with Crippen LogP contribution in [-0.2, 0) is 4.74 Å². The number of hydrogen-bond donors (Lipinski definition) is 2. The Kier molecular flexibility index (Phi) is 4.60. The number of halogens is 2. The number of aromatic nitrogens is 1. The summed E-state index contributed by atoms with van der Waals surface area (Å²) in [4.78, 5) is 3.93. The largest absolute Gasteiger partial charge is 0.371 e. The zero-order valence-corrected chi connectivity index (χ0v) is 12.8. The third-order valence-corrected chi connectivity index (χ3v) is 3.82. The maximum absolute atomic E-state index is 6.09. The number of benzene rings is 1. The van der Waals surface area contributed by atoms with Gasteiger partial charge in [-0.3, -0.25) is 0 Å².